The third-order valence-corrected chi connectivity index (χ3v) is 7.21. The Kier molecular flexibility index (Phi) is 5.46. The minimum Gasteiger partial charge on any atom is -0.0622 e. The molecule has 6 aromatic rings. The van der Waals surface area contributed by atoms with Crippen LogP contribution in [-0.2, 0) is 5.41 Å². The van der Waals surface area contributed by atoms with Gasteiger partial charge in [0.05, 0.1) is 0 Å². The lowest BCUT2D eigenvalue weighted by molar-refractivity contribution is 0.591. The molecule has 0 unspecified atom stereocenters. The van der Waals surface area contributed by atoms with Crippen LogP contribution in [-0.4, -0.2) is 0 Å². The van der Waals surface area contributed by atoms with E-state index in [9.17, 15) is 0 Å². The van der Waals surface area contributed by atoms with Gasteiger partial charge >= 0.3 is 0 Å². The van der Waals surface area contributed by atoms with Gasteiger partial charge in [-0.05, 0) is 78.0 Å². The zero-order chi connectivity index (χ0) is 24.7. The van der Waals surface area contributed by atoms with Gasteiger partial charge in [-0.3, -0.25) is 0 Å². The van der Waals surface area contributed by atoms with E-state index in [1.54, 1.807) is 0 Å². The second kappa shape index (κ2) is 8.81. The van der Waals surface area contributed by atoms with Crippen LogP contribution < -0.4 is 0 Å². The Labute approximate surface area is 213 Å². The molecule has 0 heterocycles. The fourth-order valence-corrected chi connectivity index (χ4v) is 5.36. The first kappa shape index (κ1) is 22.3. The standard InChI is InChI=1S/C36H30/c1-36(2,3)29-21-22-32-33(24-29)35(28-18-12-17-27(23-28)25-13-6-4-7-14-25)31-20-11-10-19-30(31)34(32)26-15-8-5-9-16-26/h4-24H,1-3H3. The average Bonchev–Trinajstić information content (AvgIpc) is 2.92. The molecule has 0 saturated heterocycles. The summed E-state index contributed by atoms with van der Waals surface area (Å²) in [5.41, 5.74) is 9.03. The van der Waals surface area contributed by atoms with E-state index in [-0.39, 0.29) is 5.41 Å². The first-order valence-corrected chi connectivity index (χ1v) is 12.7. The SMILES string of the molecule is CC(C)(C)c1ccc2c(-c3ccccc3)c3ccccc3c(-c3cccc(-c4ccccc4)c3)c2c1. The van der Waals surface area contributed by atoms with Crippen LogP contribution in [0.15, 0.2) is 127 Å². The molecule has 174 valence electrons. The van der Waals surface area contributed by atoms with Crippen LogP contribution in [0.3, 0.4) is 0 Å². The number of rotatable bonds is 3. The zero-order valence-electron chi connectivity index (χ0n) is 21.1. The average molecular weight is 463 g/mol. The van der Waals surface area contributed by atoms with Crippen LogP contribution >= 0.6 is 0 Å². The van der Waals surface area contributed by atoms with Gasteiger partial charge in [0.2, 0.25) is 0 Å². The predicted molar refractivity (Wildman–Crippen MR) is 156 cm³/mol. The van der Waals surface area contributed by atoms with Crippen molar-refractivity contribution in [2.75, 3.05) is 0 Å². The quantitative estimate of drug-likeness (QED) is 0.229. The van der Waals surface area contributed by atoms with Crippen LogP contribution in [0.1, 0.15) is 26.3 Å². The lowest BCUT2D eigenvalue weighted by Crippen LogP contribution is -2.10. The summed E-state index contributed by atoms with van der Waals surface area (Å²) in [4.78, 5) is 0. The van der Waals surface area contributed by atoms with Crippen LogP contribution in [0, 0.1) is 0 Å². The fourth-order valence-electron chi connectivity index (χ4n) is 5.36. The molecule has 36 heavy (non-hydrogen) atoms. The van der Waals surface area contributed by atoms with Crippen LogP contribution in [0.25, 0.3) is 54.9 Å². The first-order chi connectivity index (χ1) is 17.5. The number of benzene rings is 6. The van der Waals surface area contributed by atoms with E-state index < -0.39 is 0 Å². The van der Waals surface area contributed by atoms with Crippen LogP contribution in [0.2, 0.25) is 0 Å². The Hall–Kier alpha value is -4.16. The van der Waals surface area contributed by atoms with E-state index in [2.05, 4.69) is 148 Å². The smallest absolute Gasteiger partial charge is 0.00261 e. The molecule has 0 heteroatoms. The highest BCUT2D eigenvalue weighted by molar-refractivity contribution is 6.21. The van der Waals surface area contributed by atoms with Gasteiger partial charge in [0.15, 0.2) is 0 Å². The summed E-state index contributed by atoms with van der Waals surface area (Å²) in [6, 6.07) is 46.5. The van der Waals surface area contributed by atoms with Gasteiger partial charge in [0.25, 0.3) is 0 Å². The first-order valence-electron chi connectivity index (χ1n) is 12.7. The van der Waals surface area contributed by atoms with Crippen molar-refractivity contribution in [2.24, 2.45) is 0 Å². The predicted octanol–water partition coefficient (Wildman–Crippen LogP) is 10.3. The summed E-state index contributed by atoms with van der Waals surface area (Å²) in [5.74, 6) is 0. The van der Waals surface area contributed by atoms with Crippen LogP contribution in [0.5, 0.6) is 0 Å². The van der Waals surface area contributed by atoms with E-state index in [1.165, 1.54) is 60.5 Å². The second-order valence-corrected chi connectivity index (χ2v) is 10.6. The molecule has 0 saturated carbocycles. The van der Waals surface area contributed by atoms with Gasteiger partial charge in [0.1, 0.15) is 0 Å². The Morgan fingerprint density at radius 3 is 1.50 bits per heavy atom. The molecule has 6 aromatic carbocycles. The van der Waals surface area contributed by atoms with Gasteiger partial charge < -0.3 is 0 Å². The third kappa shape index (κ3) is 3.89. The summed E-state index contributed by atoms with van der Waals surface area (Å²) >= 11 is 0. The summed E-state index contributed by atoms with van der Waals surface area (Å²) < 4.78 is 0. The summed E-state index contributed by atoms with van der Waals surface area (Å²) in [6.45, 7) is 6.88. The highest BCUT2D eigenvalue weighted by Gasteiger charge is 2.20. The van der Waals surface area contributed by atoms with Gasteiger partial charge in [-0.25, -0.2) is 0 Å². The monoisotopic (exact) mass is 462 g/mol. The lowest BCUT2D eigenvalue weighted by atomic mass is 9.81. The van der Waals surface area contributed by atoms with Crippen molar-refractivity contribution in [3.8, 4) is 33.4 Å². The van der Waals surface area contributed by atoms with Crippen molar-refractivity contribution < 1.29 is 0 Å². The van der Waals surface area contributed by atoms with Gasteiger partial charge in [-0.15, -0.1) is 0 Å². The molecule has 0 bridgehead atoms. The largest absolute Gasteiger partial charge is 0.0622 e. The minimum atomic E-state index is 0.0654. The van der Waals surface area contributed by atoms with Gasteiger partial charge in [-0.2, -0.15) is 0 Å². The number of hydrogen-bond donors (Lipinski definition) is 0. The maximum atomic E-state index is 2.43. The molecule has 0 aliphatic heterocycles. The Balaban J connectivity index is 1.75. The van der Waals surface area contributed by atoms with Crippen molar-refractivity contribution in [2.45, 2.75) is 26.2 Å². The molecule has 6 rings (SSSR count). The summed E-state index contributed by atoms with van der Waals surface area (Å²) in [5, 5.41) is 5.19. The number of hydrogen-bond acceptors (Lipinski definition) is 0. The molecule has 0 aliphatic carbocycles. The lowest BCUT2D eigenvalue weighted by Gasteiger charge is -2.23. The summed E-state index contributed by atoms with van der Waals surface area (Å²) in [6.07, 6.45) is 0. The van der Waals surface area contributed by atoms with Crippen molar-refractivity contribution in [1.82, 2.24) is 0 Å². The van der Waals surface area contributed by atoms with E-state index in [4.69, 9.17) is 0 Å². The zero-order valence-corrected chi connectivity index (χ0v) is 21.1. The molecule has 0 atom stereocenters. The Morgan fingerprint density at radius 1 is 0.361 bits per heavy atom. The Morgan fingerprint density at radius 2 is 0.861 bits per heavy atom. The fraction of sp³-hybridized carbons (Fsp3) is 0.111. The normalized spacial score (nSPS) is 11.8. The van der Waals surface area contributed by atoms with Crippen molar-refractivity contribution >= 4 is 21.5 Å². The van der Waals surface area contributed by atoms with Gasteiger partial charge in [0, 0.05) is 0 Å². The highest BCUT2D eigenvalue weighted by atomic mass is 14.2. The summed E-state index contributed by atoms with van der Waals surface area (Å²) in [7, 11) is 0. The molecular formula is C36H30. The molecule has 0 fully saturated rings. The Bertz CT molecular complexity index is 1680. The third-order valence-electron chi connectivity index (χ3n) is 7.21. The van der Waals surface area contributed by atoms with E-state index in [0.717, 1.165) is 0 Å². The number of fused-ring (bicyclic) bond motifs is 2. The topological polar surface area (TPSA) is 0 Å². The van der Waals surface area contributed by atoms with Crippen molar-refractivity contribution in [3.05, 3.63) is 133 Å². The van der Waals surface area contributed by atoms with E-state index in [0.29, 0.717) is 0 Å². The maximum absolute atomic E-state index is 2.43. The van der Waals surface area contributed by atoms with Crippen molar-refractivity contribution in [3.63, 3.8) is 0 Å². The molecule has 0 spiro atoms. The molecule has 0 aliphatic rings. The van der Waals surface area contributed by atoms with E-state index in [1.807, 2.05) is 0 Å². The van der Waals surface area contributed by atoms with Crippen LogP contribution in [0.4, 0.5) is 0 Å². The van der Waals surface area contributed by atoms with E-state index >= 15 is 0 Å². The van der Waals surface area contributed by atoms with Gasteiger partial charge in [-0.1, -0.05) is 136 Å². The molecular weight excluding hydrogens is 432 g/mol. The molecule has 0 nitrogen and oxygen atoms in total. The molecule has 0 amide bonds. The minimum absolute atomic E-state index is 0.0654. The molecule has 0 aromatic heterocycles. The van der Waals surface area contributed by atoms with Crippen molar-refractivity contribution in [1.29, 1.82) is 0 Å². The maximum Gasteiger partial charge on any atom is -0.00261 e. The second-order valence-electron chi connectivity index (χ2n) is 10.6. The molecule has 0 N–H and O–H groups in total. The highest BCUT2D eigenvalue weighted by Crippen LogP contribution is 2.45. The molecule has 0 radical (unpaired) electrons.